The average molecular weight is 296 g/mol. The van der Waals surface area contributed by atoms with Gasteiger partial charge in [-0.1, -0.05) is 6.07 Å². The SMILES string of the molecule is COc1ccc(C(=O)NCCc2ccc3ocnc3c2)cc1. The highest BCUT2D eigenvalue weighted by atomic mass is 16.5. The molecule has 1 aromatic heterocycles. The summed E-state index contributed by atoms with van der Waals surface area (Å²) in [5.74, 6) is 0.641. The third kappa shape index (κ3) is 3.09. The second kappa shape index (κ2) is 6.30. The Hall–Kier alpha value is -2.82. The largest absolute Gasteiger partial charge is 0.497 e. The van der Waals surface area contributed by atoms with Crippen LogP contribution in [0.2, 0.25) is 0 Å². The predicted molar refractivity (Wildman–Crippen MR) is 83.0 cm³/mol. The fourth-order valence-corrected chi connectivity index (χ4v) is 2.22. The van der Waals surface area contributed by atoms with Crippen LogP contribution in [-0.4, -0.2) is 24.5 Å². The normalized spacial score (nSPS) is 10.6. The van der Waals surface area contributed by atoms with Gasteiger partial charge in [0, 0.05) is 12.1 Å². The molecule has 0 aliphatic heterocycles. The van der Waals surface area contributed by atoms with E-state index in [4.69, 9.17) is 9.15 Å². The Labute approximate surface area is 127 Å². The molecule has 0 bridgehead atoms. The maximum absolute atomic E-state index is 12.0. The summed E-state index contributed by atoms with van der Waals surface area (Å²) in [5.41, 5.74) is 3.33. The highest BCUT2D eigenvalue weighted by Crippen LogP contribution is 2.14. The topological polar surface area (TPSA) is 64.4 Å². The van der Waals surface area contributed by atoms with Gasteiger partial charge < -0.3 is 14.5 Å². The summed E-state index contributed by atoms with van der Waals surface area (Å²) in [6.45, 7) is 0.564. The first kappa shape index (κ1) is 14.1. The predicted octanol–water partition coefficient (Wildman–Crippen LogP) is 2.81. The number of rotatable bonds is 5. The molecule has 0 fully saturated rings. The van der Waals surface area contributed by atoms with Gasteiger partial charge in [0.05, 0.1) is 7.11 Å². The zero-order valence-corrected chi connectivity index (χ0v) is 12.2. The van der Waals surface area contributed by atoms with Gasteiger partial charge in [0.15, 0.2) is 12.0 Å². The number of benzene rings is 2. The lowest BCUT2D eigenvalue weighted by Crippen LogP contribution is -2.25. The number of methoxy groups -OCH3 is 1. The average Bonchev–Trinajstić information content (AvgIpc) is 3.02. The van der Waals surface area contributed by atoms with Gasteiger partial charge in [0.25, 0.3) is 5.91 Å². The number of oxazole rings is 1. The molecule has 2 aromatic carbocycles. The Bertz CT molecular complexity index is 778. The van der Waals surface area contributed by atoms with Gasteiger partial charge in [0.2, 0.25) is 0 Å². The van der Waals surface area contributed by atoms with Crippen LogP contribution in [0.4, 0.5) is 0 Å². The van der Waals surface area contributed by atoms with Gasteiger partial charge in [-0.2, -0.15) is 0 Å². The number of fused-ring (bicyclic) bond motifs is 1. The molecule has 0 atom stereocenters. The summed E-state index contributed by atoms with van der Waals surface area (Å²) in [7, 11) is 1.60. The van der Waals surface area contributed by atoms with Crippen molar-refractivity contribution < 1.29 is 13.9 Å². The van der Waals surface area contributed by atoms with Crippen LogP contribution >= 0.6 is 0 Å². The Morgan fingerprint density at radius 2 is 2.05 bits per heavy atom. The van der Waals surface area contributed by atoms with Gasteiger partial charge in [-0.15, -0.1) is 0 Å². The van der Waals surface area contributed by atoms with Crippen LogP contribution in [-0.2, 0) is 6.42 Å². The first-order valence-corrected chi connectivity index (χ1v) is 7.00. The van der Waals surface area contributed by atoms with Gasteiger partial charge >= 0.3 is 0 Å². The maximum atomic E-state index is 12.0. The van der Waals surface area contributed by atoms with Crippen molar-refractivity contribution in [2.45, 2.75) is 6.42 Å². The van der Waals surface area contributed by atoms with Crippen molar-refractivity contribution in [1.82, 2.24) is 10.3 Å². The number of carbonyl (C=O) groups excluding carboxylic acids is 1. The van der Waals surface area contributed by atoms with Crippen molar-refractivity contribution in [1.29, 1.82) is 0 Å². The molecule has 3 rings (SSSR count). The van der Waals surface area contributed by atoms with Crippen molar-refractivity contribution in [3.8, 4) is 5.75 Å². The van der Waals surface area contributed by atoms with E-state index >= 15 is 0 Å². The van der Waals surface area contributed by atoms with Crippen LogP contribution in [0.3, 0.4) is 0 Å². The van der Waals surface area contributed by atoms with E-state index in [-0.39, 0.29) is 5.91 Å². The van der Waals surface area contributed by atoms with Crippen LogP contribution < -0.4 is 10.1 Å². The number of amides is 1. The number of hydrogen-bond donors (Lipinski definition) is 1. The molecule has 1 N–H and O–H groups in total. The molecule has 0 spiro atoms. The van der Waals surface area contributed by atoms with E-state index in [1.54, 1.807) is 31.4 Å². The summed E-state index contributed by atoms with van der Waals surface area (Å²) < 4.78 is 10.3. The third-order valence-corrected chi connectivity index (χ3v) is 3.45. The molecule has 112 valence electrons. The Morgan fingerprint density at radius 1 is 1.23 bits per heavy atom. The van der Waals surface area contributed by atoms with Gasteiger partial charge in [-0.3, -0.25) is 4.79 Å². The molecule has 5 heteroatoms. The molecule has 0 aliphatic rings. The highest BCUT2D eigenvalue weighted by Gasteiger charge is 2.05. The number of nitrogens with zero attached hydrogens (tertiary/aromatic N) is 1. The summed E-state index contributed by atoms with van der Waals surface area (Å²) in [5, 5.41) is 2.90. The Balaban J connectivity index is 1.56. The van der Waals surface area contributed by atoms with Crippen LogP contribution in [0.25, 0.3) is 11.1 Å². The van der Waals surface area contributed by atoms with Crippen molar-refractivity contribution in [3.05, 3.63) is 60.0 Å². The molecule has 5 nitrogen and oxygen atoms in total. The number of hydrogen-bond acceptors (Lipinski definition) is 4. The second-order valence-electron chi connectivity index (χ2n) is 4.89. The van der Waals surface area contributed by atoms with Gasteiger partial charge in [-0.25, -0.2) is 4.98 Å². The van der Waals surface area contributed by atoms with E-state index in [1.165, 1.54) is 6.39 Å². The third-order valence-electron chi connectivity index (χ3n) is 3.45. The molecule has 0 aliphatic carbocycles. The van der Waals surface area contributed by atoms with Crippen LogP contribution in [0.1, 0.15) is 15.9 Å². The summed E-state index contributed by atoms with van der Waals surface area (Å²) >= 11 is 0. The van der Waals surface area contributed by atoms with E-state index in [9.17, 15) is 4.79 Å². The smallest absolute Gasteiger partial charge is 0.251 e. The lowest BCUT2D eigenvalue weighted by molar-refractivity contribution is 0.0954. The molecule has 3 aromatic rings. The minimum Gasteiger partial charge on any atom is -0.497 e. The van der Waals surface area contributed by atoms with E-state index in [2.05, 4.69) is 10.3 Å². The van der Waals surface area contributed by atoms with E-state index < -0.39 is 0 Å². The summed E-state index contributed by atoms with van der Waals surface area (Å²) in [6, 6.07) is 12.9. The van der Waals surface area contributed by atoms with Gasteiger partial charge in [0.1, 0.15) is 11.3 Å². The highest BCUT2D eigenvalue weighted by molar-refractivity contribution is 5.94. The second-order valence-corrected chi connectivity index (χ2v) is 4.89. The first-order valence-electron chi connectivity index (χ1n) is 7.00. The quantitative estimate of drug-likeness (QED) is 0.786. The fraction of sp³-hybridized carbons (Fsp3) is 0.176. The standard InChI is InChI=1S/C17H16N2O3/c1-21-14-5-3-13(4-6-14)17(20)18-9-8-12-2-7-16-15(10-12)19-11-22-16/h2-7,10-11H,8-9H2,1H3,(H,18,20). The number of nitrogens with one attached hydrogen (secondary N) is 1. The minimum atomic E-state index is -0.0924. The van der Waals surface area contributed by atoms with Crippen LogP contribution in [0, 0.1) is 0 Å². The maximum Gasteiger partial charge on any atom is 0.251 e. The van der Waals surface area contributed by atoms with Crippen molar-refractivity contribution in [2.75, 3.05) is 13.7 Å². The number of aromatic nitrogens is 1. The summed E-state index contributed by atoms with van der Waals surface area (Å²) in [4.78, 5) is 16.1. The lowest BCUT2D eigenvalue weighted by atomic mass is 10.1. The number of ether oxygens (including phenoxy) is 1. The number of carbonyl (C=O) groups is 1. The van der Waals surface area contributed by atoms with E-state index in [0.717, 1.165) is 28.8 Å². The molecule has 0 saturated heterocycles. The zero-order chi connectivity index (χ0) is 15.4. The van der Waals surface area contributed by atoms with Gasteiger partial charge in [-0.05, 0) is 48.4 Å². The molecule has 0 radical (unpaired) electrons. The Morgan fingerprint density at radius 3 is 2.82 bits per heavy atom. The van der Waals surface area contributed by atoms with E-state index in [0.29, 0.717) is 12.1 Å². The summed E-state index contributed by atoms with van der Waals surface area (Å²) in [6.07, 6.45) is 2.17. The monoisotopic (exact) mass is 296 g/mol. The molecular formula is C17H16N2O3. The van der Waals surface area contributed by atoms with Crippen LogP contribution in [0.15, 0.2) is 53.3 Å². The van der Waals surface area contributed by atoms with Crippen LogP contribution in [0.5, 0.6) is 5.75 Å². The molecule has 1 amide bonds. The molecular weight excluding hydrogens is 280 g/mol. The van der Waals surface area contributed by atoms with Crippen molar-refractivity contribution >= 4 is 17.0 Å². The first-order chi connectivity index (χ1) is 10.8. The Kier molecular flexibility index (Phi) is 4.05. The fourth-order valence-electron chi connectivity index (χ4n) is 2.22. The molecule has 22 heavy (non-hydrogen) atoms. The lowest BCUT2D eigenvalue weighted by Gasteiger charge is -2.06. The van der Waals surface area contributed by atoms with E-state index in [1.807, 2.05) is 18.2 Å². The molecule has 0 unspecified atom stereocenters. The minimum absolute atomic E-state index is 0.0924. The van der Waals surface area contributed by atoms with Crippen molar-refractivity contribution in [2.24, 2.45) is 0 Å². The zero-order valence-electron chi connectivity index (χ0n) is 12.2. The molecule has 0 saturated carbocycles. The van der Waals surface area contributed by atoms with Crippen molar-refractivity contribution in [3.63, 3.8) is 0 Å². The molecule has 1 heterocycles.